The van der Waals surface area contributed by atoms with Crippen LogP contribution in [0.3, 0.4) is 0 Å². The molecule has 2 aliphatic heterocycles. The highest BCUT2D eigenvalue weighted by Crippen LogP contribution is 2.39. The van der Waals surface area contributed by atoms with Gasteiger partial charge in [0.05, 0.1) is 16.6 Å². The number of hydrogen-bond acceptors (Lipinski definition) is 6. The van der Waals surface area contributed by atoms with Crippen molar-refractivity contribution < 1.29 is 22.7 Å². The molecular formula is C16H18ClN3O5S2. The van der Waals surface area contributed by atoms with E-state index in [1.807, 2.05) is 0 Å². The number of ether oxygens (including phenoxy) is 1. The molecule has 2 heterocycles. The van der Waals surface area contributed by atoms with Crippen molar-refractivity contribution in [1.29, 1.82) is 0 Å². The number of benzene rings is 1. The van der Waals surface area contributed by atoms with Crippen LogP contribution >= 0.6 is 23.4 Å². The molecule has 4 rings (SSSR count). The number of anilines is 1. The highest BCUT2D eigenvalue weighted by atomic mass is 35.5. The zero-order valence-electron chi connectivity index (χ0n) is 14.5. The second-order valence-electron chi connectivity index (χ2n) is 6.70. The summed E-state index contributed by atoms with van der Waals surface area (Å²) in [6.45, 7) is -0.193. The number of thioether (sulfide) groups is 1. The van der Waals surface area contributed by atoms with E-state index in [0.29, 0.717) is 11.4 Å². The fraction of sp³-hybridized carbons (Fsp3) is 0.500. The van der Waals surface area contributed by atoms with Crippen molar-refractivity contribution >= 4 is 50.9 Å². The summed E-state index contributed by atoms with van der Waals surface area (Å²) in [6.07, 6.45) is 1.91. The minimum atomic E-state index is -4.01. The molecule has 1 aliphatic carbocycles. The predicted octanol–water partition coefficient (Wildman–Crippen LogP) is 1.36. The van der Waals surface area contributed by atoms with Gasteiger partial charge in [0.2, 0.25) is 15.9 Å². The van der Waals surface area contributed by atoms with Gasteiger partial charge in [-0.15, -0.1) is 11.8 Å². The van der Waals surface area contributed by atoms with E-state index in [1.165, 1.54) is 28.2 Å². The molecule has 27 heavy (non-hydrogen) atoms. The quantitative estimate of drug-likeness (QED) is 0.773. The van der Waals surface area contributed by atoms with Crippen LogP contribution in [0.5, 0.6) is 5.75 Å². The largest absolute Gasteiger partial charge is 0.482 e. The molecule has 11 heteroatoms. The maximum absolute atomic E-state index is 13.2. The Labute approximate surface area is 166 Å². The van der Waals surface area contributed by atoms with E-state index in [1.54, 1.807) is 11.9 Å². The van der Waals surface area contributed by atoms with Crippen LogP contribution in [-0.2, 0) is 19.6 Å². The average molecular weight is 432 g/mol. The first-order chi connectivity index (χ1) is 12.8. The van der Waals surface area contributed by atoms with Gasteiger partial charge in [-0.1, -0.05) is 11.6 Å². The molecule has 1 unspecified atom stereocenters. The number of nitrogens with one attached hydrogen (secondary N) is 1. The highest BCUT2D eigenvalue weighted by molar-refractivity contribution is 8.00. The third-order valence-corrected chi connectivity index (χ3v) is 8.32. The van der Waals surface area contributed by atoms with E-state index in [2.05, 4.69) is 5.32 Å². The Balaban J connectivity index is 1.66. The molecule has 0 bridgehead atoms. The number of carbonyl (C=O) groups excluding carboxylic acids is 2. The minimum Gasteiger partial charge on any atom is -0.482 e. The Hall–Kier alpha value is -1.49. The number of nitrogens with zero attached hydrogens (tertiary/aromatic N) is 2. The third kappa shape index (κ3) is 3.39. The first-order valence-electron chi connectivity index (χ1n) is 8.41. The monoisotopic (exact) mass is 431 g/mol. The lowest BCUT2D eigenvalue weighted by Gasteiger charge is -2.27. The van der Waals surface area contributed by atoms with E-state index in [4.69, 9.17) is 16.3 Å². The lowest BCUT2D eigenvalue weighted by Crippen LogP contribution is -2.48. The van der Waals surface area contributed by atoms with Gasteiger partial charge in [0.25, 0.3) is 5.91 Å². The molecule has 1 aromatic carbocycles. The summed E-state index contributed by atoms with van der Waals surface area (Å²) in [5, 5.41) is 2.56. The topological polar surface area (TPSA) is 96.0 Å². The van der Waals surface area contributed by atoms with Gasteiger partial charge in [0.15, 0.2) is 6.61 Å². The van der Waals surface area contributed by atoms with Crippen LogP contribution < -0.4 is 10.1 Å². The van der Waals surface area contributed by atoms with Crippen LogP contribution in [0.15, 0.2) is 17.0 Å². The molecular weight excluding hydrogens is 414 g/mol. The van der Waals surface area contributed by atoms with Crippen molar-refractivity contribution in [3.8, 4) is 5.75 Å². The van der Waals surface area contributed by atoms with Gasteiger partial charge in [-0.2, -0.15) is 4.31 Å². The van der Waals surface area contributed by atoms with Gasteiger partial charge in [-0.3, -0.25) is 9.59 Å². The molecule has 1 atom stereocenters. The van der Waals surface area contributed by atoms with E-state index in [0.717, 1.165) is 12.8 Å². The molecule has 8 nitrogen and oxygen atoms in total. The lowest BCUT2D eigenvalue weighted by atomic mass is 10.2. The summed E-state index contributed by atoms with van der Waals surface area (Å²) >= 11 is 7.60. The fourth-order valence-corrected chi connectivity index (χ4v) is 6.80. The Kier molecular flexibility index (Phi) is 4.77. The molecule has 2 amide bonds. The molecule has 0 spiro atoms. The molecule has 1 saturated heterocycles. The van der Waals surface area contributed by atoms with Crippen LogP contribution in [0.1, 0.15) is 12.8 Å². The molecule has 1 aromatic rings. The smallest absolute Gasteiger partial charge is 0.262 e. The summed E-state index contributed by atoms with van der Waals surface area (Å²) < 4.78 is 33.0. The summed E-state index contributed by atoms with van der Waals surface area (Å²) in [4.78, 5) is 25.7. The van der Waals surface area contributed by atoms with Crippen LogP contribution in [0.4, 0.5) is 5.69 Å². The molecule has 146 valence electrons. The number of carbonyl (C=O) groups is 2. The van der Waals surface area contributed by atoms with Crippen molar-refractivity contribution in [1.82, 2.24) is 9.21 Å². The lowest BCUT2D eigenvalue weighted by molar-refractivity contribution is -0.133. The summed E-state index contributed by atoms with van der Waals surface area (Å²) in [5.41, 5.74) is 0.326. The van der Waals surface area contributed by atoms with Gasteiger partial charge in [-0.25, -0.2) is 8.42 Å². The van der Waals surface area contributed by atoms with E-state index >= 15 is 0 Å². The van der Waals surface area contributed by atoms with Crippen LogP contribution in [0, 0.1) is 0 Å². The van der Waals surface area contributed by atoms with E-state index in [-0.39, 0.29) is 46.0 Å². The van der Waals surface area contributed by atoms with Gasteiger partial charge in [0.1, 0.15) is 16.7 Å². The Morgan fingerprint density at radius 2 is 2.15 bits per heavy atom. The van der Waals surface area contributed by atoms with Crippen molar-refractivity contribution in [3.63, 3.8) is 0 Å². The van der Waals surface area contributed by atoms with Gasteiger partial charge in [-0.05, 0) is 18.9 Å². The van der Waals surface area contributed by atoms with Crippen LogP contribution in [-0.4, -0.2) is 66.8 Å². The zero-order chi connectivity index (χ0) is 19.3. The molecule has 3 aliphatic rings. The van der Waals surface area contributed by atoms with Crippen molar-refractivity contribution in [3.05, 3.63) is 17.2 Å². The van der Waals surface area contributed by atoms with Crippen molar-refractivity contribution in [2.75, 3.05) is 30.6 Å². The first-order valence-corrected chi connectivity index (χ1v) is 11.4. The number of hydrogen-bond donors (Lipinski definition) is 1. The second-order valence-corrected chi connectivity index (χ2v) is 9.97. The maximum Gasteiger partial charge on any atom is 0.262 e. The molecule has 0 radical (unpaired) electrons. The Bertz CT molecular complexity index is 919. The highest BCUT2D eigenvalue weighted by Gasteiger charge is 2.44. The van der Waals surface area contributed by atoms with Gasteiger partial charge in [0, 0.05) is 24.9 Å². The van der Waals surface area contributed by atoms with E-state index < -0.39 is 16.1 Å². The van der Waals surface area contributed by atoms with Crippen molar-refractivity contribution in [2.24, 2.45) is 0 Å². The summed E-state index contributed by atoms with van der Waals surface area (Å²) in [6, 6.07) is 2.12. The normalized spacial score (nSPS) is 22.7. The maximum atomic E-state index is 13.2. The molecule has 1 N–H and O–H groups in total. The first kappa shape index (κ1) is 18.9. The van der Waals surface area contributed by atoms with E-state index in [9.17, 15) is 18.0 Å². The van der Waals surface area contributed by atoms with Gasteiger partial charge >= 0.3 is 0 Å². The average Bonchev–Trinajstić information content (AvgIpc) is 3.35. The summed E-state index contributed by atoms with van der Waals surface area (Å²) in [5.74, 6) is 0.303. The number of likely N-dealkylation sites (N-methyl/N-ethyl adjacent to an activating group) is 1. The molecule has 1 saturated carbocycles. The molecule has 0 aromatic heterocycles. The number of halogens is 1. The Morgan fingerprint density at radius 3 is 2.85 bits per heavy atom. The number of fused-ring (bicyclic) bond motifs is 1. The van der Waals surface area contributed by atoms with Gasteiger partial charge < -0.3 is 15.0 Å². The van der Waals surface area contributed by atoms with Crippen LogP contribution in [0.25, 0.3) is 0 Å². The second kappa shape index (κ2) is 6.84. The minimum absolute atomic E-state index is 0.0294. The standard InChI is InChI=1S/C16H18ClN3O5S2/c1-19(9-2-3-9)16(22)12-7-26-8-20(12)27(23,24)14-5-13-11(4-10(14)17)18-15(21)6-25-13/h4-5,9,12H,2-3,6-8H2,1H3,(H,18,21). The third-order valence-electron chi connectivity index (χ3n) is 4.82. The Morgan fingerprint density at radius 1 is 1.41 bits per heavy atom. The predicted molar refractivity (Wildman–Crippen MR) is 102 cm³/mol. The van der Waals surface area contributed by atoms with Crippen LogP contribution in [0.2, 0.25) is 5.02 Å². The fourth-order valence-electron chi connectivity index (χ4n) is 3.14. The number of rotatable bonds is 4. The number of amides is 2. The summed E-state index contributed by atoms with van der Waals surface area (Å²) in [7, 11) is -2.29. The number of sulfonamides is 1. The molecule has 2 fully saturated rings. The SMILES string of the molecule is CN(C(=O)C1CSCN1S(=O)(=O)c1cc2c(cc1Cl)NC(=O)CO2)C1CC1. The van der Waals surface area contributed by atoms with Crippen molar-refractivity contribution in [2.45, 2.75) is 29.8 Å². The zero-order valence-corrected chi connectivity index (χ0v) is 16.9.